The third-order valence-electron chi connectivity index (χ3n) is 6.18. The molecule has 1 atom stereocenters. The van der Waals surface area contributed by atoms with Gasteiger partial charge in [-0.2, -0.15) is 26.3 Å². The number of halogens is 7. The number of sulfonamides is 1. The molecule has 0 bridgehead atoms. The SMILES string of the molecule is CS(=O)(=O)c1nnc(C[C@@H]2CCc3cc(C(O)(C(F)(F)F)C(F)(F)F)ccc3N2S(=O)(=O)c2ccc(F)cc2)s1. The van der Waals surface area contributed by atoms with Crippen molar-refractivity contribution in [2.24, 2.45) is 0 Å². The minimum absolute atomic E-state index is 0.105. The van der Waals surface area contributed by atoms with Gasteiger partial charge in [-0.1, -0.05) is 23.5 Å². The van der Waals surface area contributed by atoms with Crippen molar-refractivity contribution in [1.29, 1.82) is 0 Å². The number of hydrogen-bond donors (Lipinski definition) is 1. The van der Waals surface area contributed by atoms with E-state index >= 15 is 0 Å². The summed E-state index contributed by atoms with van der Waals surface area (Å²) in [6.45, 7) is 0. The van der Waals surface area contributed by atoms with E-state index in [1.54, 1.807) is 0 Å². The topological polar surface area (TPSA) is 118 Å². The van der Waals surface area contributed by atoms with Gasteiger partial charge in [0.25, 0.3) is 15.6 Å². The fourth-order valence-electron chi connectivity index (χ4n) is 4.25. The summed E-state index contributed by atoms with van der Waals surface area (Å²) < 4.78 is 146. The van der Waals surface area contributed by atoms with Gasteiger partial charge in [0.15, 0.2) is 0 Å². The summed E-state index contributed by atoms with van der Waals surface area (Å²) in [6.07, 6.45) is -11.9. The van der Waals surface area contributed by atoms with E-state index in [9.17, 15) is 52.7 Å². The van der Waals surface area contributed by atoms with E-state index < -0.39 is 60.1 Å². The summed E-state index contributed by atoms with van der Waals surface area (Å²) in [5.41, 5.74) is -7.28. The van der Waals surface area contributed by atoms with Gasteiger partial charge in [-0.25, -0.2) is 21.2 Å². The first-order valence-corrected chi connectivity index (χ1v) is 15.2. The lowest BCUT2D eigenvalue weighted by molar-refractivity contribution is -0.376. The molecule has 0 fully saturated rings. The van der Waals surface area contributed by atoms with Gasteiger partial charge >= 0.3 is 12.4 Å². The zero-order valence-corrected chi connectivity index (χ0v) is 22.5. The van der Waals surface area contributed by atoms with E-state index in [4.69, 9.17) is 0 Å². The molecule has 0 saturated heterocycles. The van der Waals surface area contributed by atoms with Crippen LogP contribution in [0.3, 0.4) is 0 Å². The van der Waals surface area contributed by atoms with Gasteiger partial charge in [-0.15, -0.1) is 10.2 Å². The maximum absolute atomic E-state index is 13.7. The van der Waals surface area contributed by atoms with Crippen LogP contribution >= 0.6 is 11.3 Å². The summed E-state index contributed by atoms with van der Waals surface area (Å²) in [5.74, 6) is -0.764. The molecule has 8 nitrogen and oxygen atoms in total. The van der Waals surface area contributed by atoms with Crippen molar-refractivity contribution < 1.29 is 52.7 Å². The molecule has 2 aromatic carbocycles. The summed E-state index contributed by atoms with van der Waals surface area (Å²) in [6, 6.07) is 4.05. The molecule has 0 radical (unpaired) electrons. The van der Waals surface area contributed by atoms with E-state index in [0.29, 0.717) is 23.5 Å². The Morgan fingerprint density at radius 2 is 1.57 bits per heavy atom. The summed E-state index contributed by atoms with van der Waals surface area (Å²) in [7, 11) is -8.32. The molecule has 1 aromatic heterocycles. The van der Waals surface area contributed by atoms with Crippen molar-refractivity contribution in [1.82, 2.24) is 10.2 Å². The number of nitrogens with zero attached hydrogens (tertiary/aromatic N) is 3. The second-order valence-corrected chi connectivity index (χ2v) is 14.0. The first kappa shape index (κ1) is 30.1. The number of rotatable bonds is 6. The number of aryl methyl sites for hydroxylation is 1. The van der Waals surface area contributed by atoms with Gasteiger partial charge in [-0.05, 0) is 48.7 Å². The third-order valence-corrected chi connectivity index (χ3v) is 10.7. The van der Waals surface area contributed by atoms with Crippen LogP contribution in [0.5, 0.6) is 0 Å². The second-order valence-electron chi connectivity index (χ2n) is 8.93. The lowest BCUT2D eigenvalue weighted by Crippen LogP contribution is -2.54. The summed E-state index contributed by atoms with van der Waals surface area (Å²) in [4.78, 5) is -0.424. The van der Waals surface area contributed by atoms with Crippen molar-refractivity contribution >= 4 is 36.9 Å². The molecule has 4 rings (SSSR count). The van der Waals surface area contributed by atoms with Crippen LogP contribution in [0.15, 0.2) is 51.7 Å². The van der Waals surface area contributed by atoms with Crippen LogP contribution in [0, 0.1) is 5.82 Å². The Labute approximate surface area is 227 Å². The lowest BCUT2D eigenvalue weighted by Gasteiger charge is -2.39. The normalized spacial score (nSPS) is 17.1. The minimum atomic E-state index is -6.15. The van der Waals surface area contributed by atoms with Crippen LogP contribution in [-0.4, -0.2) is 56.8 Å². The lowest BCUT2D eigenvalue weighted by atomic mass is 9.87. The monoisotopic (exact) mass is 633 g/mol. The van der Waals surface area contributed by atoms with Gasteiger partial charge < -0.3 is 5.11 Å². The van der Waals surface area contributed by atoms with Crippen LogP contribution < -0.4 is 4.31 Å². The van der Waals surface area contributed by atoms with Crippen LogP contribution in [-0.2, 0) is 38.3 Å². The van der Waals surface area contributed by atoms with Crippen LogP contribution in [0.1, 0.15) is 22.6 Å². The predicted molar refractivity (Wildman–Crippen MR) is 127 cm³/mol. The van der Waals surface area contributed by atoms with Crippen molar-refractivity contribution in [3.63, 3.8) is 0 Å². The smallest absolute Gasteiger partial charge is 0.369 e. The number of aromatic nitrogens is 2. The molecule has 218 valence electrons. The Hall–Kier alpha value is -2.83. The molecule has 2 heterocycles. The van der Waals surface area contributed by atoms with Crippen molar-refractivity contribution in [3.05, 3.63) is 64.4 Å². The number of anilines is 1. The quantitative estimate of drug-likeness (QED) is 0.406. The maximum Gasteiger partial charge on any atom is 0.430 e. The zero-order chi connectivity index (χ0) is 29.9. The van der Waals surface area contributed by atoms with Crippen molar-refractivity contribution in [2.45, 2.75) is 52.5 Å². The van der Waals surface area contributed by atoms with E-state index in [1.807, 2.05) is 0 Å². The van der Waals surface area contributed by atoms with Gasteiger partial charge in [0.1, 0.15) is 10.8 Å². The number of sulfone groups is 1. The molecule has 1 aliphatic rings. The number of aliphatic hydroxyl groups is 1. The summed E-state index contributed by atoms with van der Waals surface area (Å²) >= 11 is 0.672. The molecule has 0 amide bonds. The Balaban J connectivity index is 1.85. The van der Waals surface area contributed by atoms with Gasteiger partial charge in [0.2, 0.25) is 14.2 Å². The molecule has 40 heavy (non-hydrogen) atoms. The van der Waals surface area contributed by atoms with Crippen LogP contribution in [0.25, 0.3) is 0 Å². The Bertz CT molecular complexity index is 1620. The van der Waals surface area contributed by atoms with Crippen molar-refractivity contribution in [3.8, 4) is 0 Å². The molecule has 0 saturated carbocycles. The standard InChI is InChI=1S/C22H18F7N3O5S3/c1-39(34,35)19-31-30-18(38-19)11-15-6-2-12-10-13(20(33,21(24,25)26)22(27,28)29)3-9-17(12)32(15)40(36,37)16-7-4-14(23)5-8-16/h3-5,7-10,15,33H,2,6,11H2,1H3/t15-/m0/s1. The Kier molecular flexibility index (Phi) is 7.47. The first-order chi connectivity index (χ1) is 18.3. The molecule has 0 unspecified atom stereocenters. The summed E-state index contributed by atoms with van der Waals surface area (Å²) in [5, 5.41) is 17.3. The fraction of sp³-hybridized carbons (Fsp3) is 0.364. The van der Waals surface area contributed by atoms with Gasteiger partial charge in [-0.3, -0.25) is 4.31 Å². The van der Waals surface area contributed by atoms with E-state index in [1.165, 1.54) is 0 Å². The van der Waals surface area contributed by atoms with Crippen molar-refractivity contribution in [2.75, 3.05) is 10.6 Å². The van der Waals surface area contributed by atoms with Gasteiger partial charge in [0, 0.05) is 18.2 Å². The molecular weight excluding hydrogens is 615 g/mol. The predicted octanol–water partition coefficient (Wildman–Crippen LogP) is 4.15. The average Bonchev–Trinajstić information content (AvgIpc) is 3.31. The molecule has 3 aromatic rings. The second kappa shape index (κ2) is 9.92. The minimum Gasteiger partial charge on any atom is -0.369 e. The highest BCUT2D eigenvalue weighted by Crippen LogP contribution is 2.51. The average molecular weight is 634 g/mol. The van der Waals surface area contributed by atoms with Crippen LogP contribution in [0.4, 0.5) is 36.4 Å². The molecule has 0 spiro atoms. The third kappa shape index (κ3) is 5.28. The Morgan fingerprint density at radius 3 is 2.10 bits per heavy atom. The highest BCUT2D eigenvalue weighted by Gasteiger charge is 2.71. The fourth-order valence-corrected chi connectivity index (χ4v) is 7.69. The molecule has 0 aliphatic carbocycles. The molecule has 18 heteroatoms. The van der Waals surface area contributed by atoms with Gasteiger partial charge in [0.05, 0.1) is 16.6 Å². The number of fused-ring (bicyclic) bond motifs is 1. The zero-order valence-electron chi connectivity index (χ0n) is 20.0. The first-order valence-electron chi connectivity index (χ1n) is 11.1. The molecule has 1 aliphatic heterocycles. The van der Waals surface area contributed by atoms with E-state index in [0.717, 1.165) is 40.9 Å². The number of benzene rings is 2. The van der Waals surface area contributed by atoms with Crippen LogP contribution in [0.2, 0.25) is 0 Å². The largest absolute Gasteiger partial charge is 0.430 e. The highest BCUT2D eigenvalue weighted by molar-refractivity contribution is 7.93. The number of alkyl halides is 6. The number of hydrogen-bond acceptors (Lipinski definition) is 8. The molecular formula is C22H18F7N3O5S3. The molecule has 1 N–H and O–H groups in total. The highest BCUT2D eigenvalue weighted by atomic mass is 32.2. The maximum atomic E-state index is 13.7. The van der Waals surface area contributed by atoms with E-state index in [2.05, 4.69) is 10.2 Å². The Morgan fingerprint density at radius 1 is 0.975 bits per heavy atom. The van der Waals surface area contributed by atoms with E-state index in [-0.39, 0.29) is 39.9 Å².